The number of hydrogen-bond acceptors (Lipinski definition) is 3. The zero-order chi connectivity index (χ0) is 13.5. The maximum absolute atomic E-state index is 9.70. The van der Waals surface area contributed by atoms with Crippen LogP contribution in [0, 0.1) is 16.7 Å². The highest BCUT2D eigenvalue weighted by Crippen LogP contribution is 2.46. The second-order valence-electron chi connectivity index (χ2n) is 5.01. The fraction of sp³-hybridized carbons (Fsp3) is 0.400. The van der Waals surface area contributed by atoms with Crippen LogP contribution in [0.2, 0.25) is 5.02 Å². The first-order chi connectivity index (χ1) is 9.19. The molecule has 2 aliphatic rings. The number of ether oxygens (including phenoxy) is 2. The third-order valence-corrected chi connectivity index (χ3v) is 4.22. The number of nitrogens with zero attached hydrogens (tertiary/aromatic N) is 1. The summed E-state index contributed by atoms with van der Waals surface area (Å²) >= 11 is 6.03. The molecule has 0 N–H and O–H groups in total. The van der Waals surface area contributed by atoms with E-state index in [0.717, 1.165) is 17.7 Å². The second kappa shape index (κ2) is 4.56. The molecule has 0 aromatic heterocycles. The van der Waals surface area contributed by atoms with Crippen molar-refractivity contribution in [1.29, 1.82) is 5.26 Å². The molecular weight excluding hydrogens is 262 g/mol. The van der Waals surface area contributed by atoms with E-state index in [1.54, 1.807) is 7.11 Å². The zero-order valence-electron chi connectivity index (χ0n) is 10.6. The number of fused-ring (bicyclic) bond motifs is 2. The Kier molecular flexibility index (Phi) is 3.00. The average Bonchev–Trinajstić information content (AvgIpc) is 2.44. The average molecular weight is 276 g/mol. The lowest BCUT2D eigenvalue weighted by Gasteiger charge is -2.44. The molecule has 3 atom stereocenters. The molecular formula is C15H14ClNO2. The van der Waals surface area contributed by atoms with Crippen molar-refractivity contribution in [2.24, 2.45) is 5.41 Å². The van der Waals surface area contributed by atoms with Gasteiger partial charge < -0.3 is 9.47 Å². The van der Waals surface area contributed by atoms with Crippen molar-refractivity contribution in [1.82, 2.24) is 0 Å². The number of benzene rings is 1. The summed E-state index contributed by atoms with van der Waals surface area (Å²) in [6.07, 6.45) is 4.90. The van der Waals surface area contributed by atoms with Crippen molar-refractivity contribution in [3.8, 4) is 11.8 Å². The van der Waals surface area contributed by atoms with Gasteiger partial charge in [0.25, 0.3) is 0 Å². The van der Waals surface area contributed by atoms with Gasteiger partial charge in [0, 0.05) is 25.0 Å². The van der Waals surface area contributed by atoms with Crippen LogP contribution in [0.1, 0.15) is 12.0 Å². The standard InChI is InChI=1S/C15H14ClNO2/c1-18-13-3-2-4-14-15(13,9-17)8-10-7-11(16)5-6-12(10)19-14/h2-3,5-7,13-14H,4,8H2,1H3/t13-,14-,15-/m0/s1. The molecule has 0 bridgehead atoms. The van der Waals surface area contributed by atoms with Crippen LogP contribution >= 0.6 is 11.6 Å². The number of nitriles is 1. The zero-order valence-corrected chi connectivity index (χ0v) is 11.4. The Labute approximate surface area is 117 Å². The molecule has 0 saturated heterocycles. The molecule has 19 heavy (non-hydrogen) atoms. The van der Waals surface area contributed by atoms with Crippen molar-refractivity contribution in [3.05, 3.63) is 40.9 Å². The minimum Gasteiger partial charge on any atom is -0.488 e. The molecule has 98 valence electrons. The van der Waals surface area contributed by atoms with Gasteiger partial charge in [-0.15, -0.1) is 0 Å². The summed E-state index contributed by atoms with van der Waals surface area (Å²) in [6, 6.07) is 7.99. The summed E-state index contributed by atoms with van der Waals surface area (Å²) in [6.45, 7) is 0. The van der Waals surface area contributed by atoms with E-state index in [9.17, 15) is 5.26 Å². The minimum atomic E-state index is -0.665. The summed E-state index contributed by atoms with van der Waals surface area (Å²) < 4.78 is 11.5. The first kappa shape index (κ1) is 12.5. The highest BCUT2D eigenvalue weighted by Gasteiger charge is 2.51. The first-order valence-electron chi connectivity index (χ1n) is 6.25. The maximum Gasteiger partial charge on any atom is 0.128 e. The molecule has 0 radical (unpaired) electrons. The minimum absolute atomic E-state index is 0.166. The number of halogens is 1. The van der Waals surface area contributed by atoms with Crippen LogP contribution in [0.25, 0.3) is 0 Å². The van der Waals surface area contributed by atoms with Crippen LogP contribution in [0.15, 0.2) is 30.4 Å². The van der Waals surface area contributed by atoms with Gasteiger partial charge in [0.15, 0.2) is 0 Å². The number of rotatable bonds is 1. The predicted octanol–water partition coefficient (Wildman–Crippen LogP) is 3.13. The summed E-state index contributed by atoms with van der Waals surface area (Å²) in [4.78, 5) is 0. The fourth-order valence-electron chi connectivity index (χ4n) is 2.99. The Morgan fingerprint density at radius 2 is 2.37 bits per heavy atom. The monoisotopic (exact) mass is 275 g/mol. The van der Waals surface area contributed by atoms with Crippen LogP contribution < -0.4 is 4.74 Å². The molecule has 1 heterocycles. The topological polar surface area (TPSA) is 42.2 Å². The number of hydrogen-bond donors (Lipinski definition) is 0. The van der Waals surface area contributed by atoms with E-state index in [0.29, 0.717) is 11.4 Å². The molecule has 0 saturated carbocycles. The Morgan fingerprint density at radius 1 is 1.53 bits per heavy atom. The predicted molar refractivity (Wildman–Crippen MR) is 72.2 cm³/mol. The second-order valence-corrected chi connectivity index (χ2v) is 5.44. The van der Waals surface area contributed by atoms with E-state index in [4.69, 9.17) is 21.1 Å². The molecule has 1 aliphatic carbocycles. The van der Waals surface area contributed by atoms with E-state index in [2.05, 4.69) is 6.07 Å². The van der Waals surface area contributed by atoms with Gasteiger partial charge in [-0.3, -0.25) is 0 Å². The van der Waals surface area contributed by atoms with E-state index < -0.39 is 5.41 Å². The summed E-state index contributed by atoms with van der Waals surface area (Å²) in [5, 5.41) is 10.4. The molecule has 1 aliphatic heterocycles. The summed E-state index contributed by atoms with van der Waals surface area (Å²) in [5.74, 6) is 0.824. The molecule has 1 aromatic rings. The Morgan fingerprint density at radius 3 is 3.11 bits per heavy atom. The molecule has 3 rings (SSSR count). The van der Waals surface area contributed by atoms with Crippen molar-refractivity contribution >= 4 is 11.6 Å². The summed E-state index contributed by atoms with van der Waals surface area (Å²) in [5.41, 5.74) is 0.309. The van der Waals surface area contributed by atoms with Crippen LogP contribution in [0.4, 0.5) is 0 Å². The van der Waals surface area contributed by atoms with Gasteiger partial charge in [-0.25, -0.2) is 0 Å². The van der Waals surface area contributed by atoms with E-state index in [-0.39, 0.29) is 12.2 Å². The summed E-state index contributed by atoms with van der Waals surface area (Å²) in [7, 11) is 1.63. The smallest absolute Gasteiger partial charge is 0.128 e. The van der Waals surface area contributed by atoms with Crippen LogP contribution in [-0.2, 0) is 11.2 Å². The van der Waals surface area contributed by atoms with Crippen molar-refractivity contribution in [2.45, 2.75) is 25.0 Å². The molecule has 4 heteroatoms. The van der Waals surface area contributed by atoms with Crippen molar-refractivity contribution in [2.75, 3.05) is 7.11 Å². The van der Waals surface area contributed by atoms with Crippen molar-refractivity contribution < 1.29 is 9.47 Å². The van der Waals surface area contributed by atoms with Gasteiger partial charge in [0.2, 0.25) is 0 Å². The Balaban J connectivity index is 2.08. The van der Waals surface area contributed by atoms with Gasteiger partial charge in [0.05, 0.1) is 12.2 Å². The van der Waals surface area contributed by atoms with E-state index in [1.807, 2.05) is 30.4 Å². The highest BCUT2D eigenvalue weighted by molar-refractivity contribution is 6.30. The van der Waals surface area contributed by atoms with Crippen LogP contribution in [0.5, 0.6) is 5.75 Å². The van der Waals surface area contributed by atoms with Gasteiger partial charge in [-0.1, -0.05) is 23.8 Å². The van der Waals surface area contributed by atoms with Gasteiger partial charge in [-0.05, 0) is 23.8 Å². The molecule has 0 unspecified atom stereocenters. The normalized spacial score (nSPS) is 31.8. The van der Waals surface area contributed by atoms with Gasteiger partial charge >= 0.3 is 0 Å². The maximum atomic E-state index is 9.70. The lowest BCUT2D eigenvalue weighted by molar-refractivity contribution is -0.0371. The number of methoxy groups -OCH3 is 1. The van der Waals surface area contributed by atoms with Crippen LogP contribution in [0.3, 0.4) is 0 Å². The Hall–Kier alpha value is -1.50. The molecule has 0 spiro atoms. The third kappa shape index (κ3) is 1.83. The lowest BCUT2D eigenvalue weighted by atomic mass is 9.68. The molecule has 1 aromatic carbocycles. The quantitative estimate of drug-likeness (QED) is 0.740. The molecule has 0 fully saturated rings. The van der Waals surface area contributed by atoms with Crippen LogP contribution in [-0.4, -0.2) is 19.3 Å². The van der Waals surface area contributed by atoms with E-state index >= 15 is 0 Å². The third-order valence-electron chi connectivity index (χ3n) is 3.98. The van der Waals surface area contributed by atoms with Crippen molar-refractivity contribution in [3.63, 3.8) is 0 Å². The Bertz CT molecular complexity index is 578. The first-order valence-corrected chi connectivity index (χ1v) is 6.63. The van der Waals surface area contributed by atoms with E-state index in [1.165, 1.54) is 0 Å². The molecule has 3 nitrogen and oxygen atoms in total. The van der Waals surface area contributed by atoms with Gasteiger partial charge in [0.1, 0.15) is 17.3 Å². The lowest BCUT2D eigenvalue weighted by Crippen LogP contribution is -2.52. The highest BCUT2D eigenvalue weighted by atomic mass is 35.5. The fourth-order valence-corrected chi connectivity index (χ4v) is 3.19. The molecule has 0 amide bonds. The largest absolute Gasteiger partial charge is 0.488 e. The SMILES string of the molecule is CO[C@H]1C=CC[C@@H]2Oc3ccc(Cl)cc3C[C@]12C#N. The van der Waals surface area contributed by atoms with Gasteiger partial charge in [-0.2, -0.15) is 5.26 Å².